The molecule has 0 radical (unpaired) electrons. The predicted molar refractivity (Wildman–Crippen MR) is 96.3 cm³/mol. The third kappa shape index (κ3) is 3.48. The SMILES string of the molecule is Cc1cc(C)cc(CSc2nnc(C)n2-c2ccccc2C)c1. The van der Waals surface area contributed by atoms with Crippen LogP contribution in [0.1, 0.15) is 28.1 Å². The molecule has 118 valence electrons. The van der Waals surface area contributed by atoms with Crippen LogP contribution in [0.2, 0.25) is 0 Å². The van der Waals surface area contributed by atoms with Crippen molar-refractivity contribution >= 4 is 11.8 Å². The van der Waals surface area contributed by atoms with Crippen molar-refractivity contribution in [2.24, 2.45) is 0 Å². The summed E-state index contributed by atoms with van der Waals surface area (Å²) in [5.74, 6) is 1.81. The average Bonchev–Trinajstić information content (AvgIpc) is 2.86. The van der Waals surface area contributed by atoms with E-state index in [0.29, 0.717) is 0 Å². The first-order valence-electron chi connectivity index (χ1n) is 7.72. The Morgan fingerprint density at radius 2 is 1.61 bits per heavy atom. The summed E-state index contributed by atoms with van der Waals surface area (Å²) in [6.45, 7) is 8.40. The van der Waals surface area contributed by atoms with Gasteiger partial charge in [-0.3, -0.25) is 4.57 Å². The van der Waals surface area contributed by atoms with Crippen molar-refractivity contribution in [3.63, 3.8) is 0 Å². The number of thioether (sulfide) groups is 1. The second kappa shape index (κ2) is 6.59. The van der Waals surface area contributed by atoms with E-state index in [1.54, 1.807) is 11.8 Å². The Balaban J connectivity index is 1.89. The summed E-state index contributed by atoms with van der Waals surface area (Å²) in [6.07, 6.45) is 0. The highest BCUT2D eigenvalue weighted by molar-refractivity contribution is 7.98. The van der Waals surface area contributed by atoms with Gasteiger partial charge in [0.2, 0.25) is 0 Å². The summed E-state index contributed by atoms with van der Waals surface area (Å²) < 4.78 is 2.14. The monoisotopic (exact) mass is 323 g/mol. The molecule has 0 aliphatic carbocycles. The van der Waals surface area contributed by atoms with Crippen LogP contribution in [0.3, 0.4) is 0 Å². The van der Waals surface area contributed by atoms with Gasteiger partial charge in [0.15, 0.2) is 5.16 Å². The Morgan fingerprint density at radius 3 is 2.30 bits per heavy atom. The second-order valence-electron chi connectivity index (χ2n) is 5.94. The highest BCUT2D eigenvalue weighted by Crippen LogP contribution is 2.27. The highest BCUT2D eigenvalue weighted by Gasteiger charge is 2.13. The molecule has 1 heterocycles. The van der Waals surface area contributed by atoms with Crippen molar-refractivity contribution < 1.29 is 0 Å². The molecule has 0 unspecified atom stereocenters. The van der Waals surface area contributed by atoms with Crippen molar-refractivity contribution in [2.45, 2.75) is 38.6 Å². The molecule has 4 heteroatoms. The van der Waals surface area contributed by atoms with Crippen molar-refractivity contribution in [2.75, 3.05) is 0 Å². The third-order valence-electron chi connectivity index (χ3n) is 3.80. The maximum absolute atomic E-state index is 4.37. The second-order valence-corrected chi connectivity index (χ2v) is 6.88. The Labute approximate surface area is 141 Å². The number of nitrogens with zero attached hydrogens (tertiary/aromatic N) is 3. The molecule has 3 rings (SSSR count). The summed E-state index contributed by atoms with van der Waals surface area (Å²) in [5.41, 5.74) is 6.31. The number of benzene rings is 2. The minimum absolute atomic E-state index is 0.895. The minimum atomic E-state index is 0.895. The number of aryl methyl sites for hydroxylation is 4. The van der Waals surface area contributed by atoms with Crippen LogP contribution in [0.15, 0.2) is 47.6 Å². The first kappa shape index (κ1) is 15.8. The quantitative estimate of drug-likeness (QED) is 0.647. The van der Waals surface area contributed by atoms with Crippen LogP contribution in [0.5, 0.6) is 0 Å². The zero-order valence-electron chi connectivity index (χ0n) is 14.0. The zero-order chi connectivity index (χ0) is 16.4. The largest absolute Gasteiger partial charge is 0.274 e. The Bertz CT molecular complexity index is 816. The van der Waals surface area contributed by atoms with Crippen molar-refractivity contribution in [3.05, 3.63) is 70.5 Å². The fraction of sp³-hybridized carbons (Fsp3) is 0.263. The van der Waals surface area contributed by atoms with E-state index in [4.69, 9.17) is 0 Å². The summed E-state index contributed by atoms with van der Waals surface area (Å²) in [7, 11) is 0. The first-order valence-corrected chi connectivity index (χ1v) is 8.71. The van der Waals surface area contributed by atoms with Gasteiger partial charge in [-0.2, -0.15) is 0 Å². The zero-order valence-corrected chi connectivity index (χ0v) is 14.8. The van der Waals surface area contributed by atoms with E-state index in [0.717, 1.165) is 22.4 Å². The maximum Gasteiger partial charge on any atom is 0.196 e. The lowest BCUT2D eigenvalue weighted by Gasteiger charge is -2.11. The molecular weight excluding hydrogens is 302 g/mol. The van der Waals surface area contributed by atoms with Crippen LogP contribution >= 0.6 is 11.8 Å². The minimum Gasteiger partial charge on any atom is -0.274 e. The van der Waals surface area contributed by atoms with Gasteiger partial charge in [-0.05, 0) is 44.9 Å². The van der Waals surface area contributed by atoms with E-state index >= 15 is 0 Å². The lowest BCUT2D eigenvalue weighted by Crippen LogP contribution is -2.01. The highest BCUT2D eigenvalue weighted by atomic mass is 32.2. The molecule has 0 spiro atoms. The molecule has 0 N–H and O–H groups in total. The van der Waals surface area contributed by atoms with Gasteiger partial charge in [-0.25, -0.2) is 0 Å². The molecule has 0 aliphatic heterocycles. The van der Waals surface area contributed by atoms with Crippen LogP contribution in [-0.4, -0.2) is 14.8 Å². The summed E-state index contributed by atoms with van der Waals surface area (Å²) >= 11 is 1.73. The number of hydrogen-bond donors (Lipinski definition) is 0. The molecule has 23 heavy (non-hydrogen) atoms. The van der Waals surface area contributed by atoms with Crippen LogP contribution in [0, 0.1) is 27.7 Å². The lowest BCUT2D eigenvalue weighted by atomic mass is 10.1. The molecule has 0 bridgehead atoms. The molecule has 3 aromatic rings. The van der Waals surface area contributed by atoms with E-state index in [9.17, 15) is 0 Å². The van der Waals surface area contributed by atoms with E-state index in [1.165, 1.54) is 22.3 Å². The summed E-state index contributed by atoms with van der Waals surface area (Å²) in [6, 6.07) is 15.0. The van der Waals surface area contributed by atoms with Crippen molar-refractivity contribution in [3.8, 4) is 5.69 Å². The molecule has 0 aliphatic rings. The molecule has 3 nitrogen and oxygen atoms in total. The van der Waals surface area contributed by atoms with Gasteiger partial charge in [0.1, 0.15) is 5.82 Å². The van der Waals surface area contributed by atoms with Crippen LogP contribution in [0.25, 0.3) is 5.69 Å². The lowest BCUT2D eigenvalue weighted by molar-refractivity contribution is 0.861. The summed E-state index contributed by atoms with van der Waals surface area (Å²) in [5, 5.41) is 9.58. The Morgan fingerprint density at radius 1 is 0.913 bits per heavy atom. The van der Waals surface area contributed by atoms with Crippen molar-refractivity contribution in [1.29, 1.82) is 0 Å². The maximum atomic E-state index is 4.37. The molecular formula is C19H21N3S. The topological polar surface area (TPSA) is 30.7 Å². The van der Waals surface area contributed by atoms with E-state index < -0.39 is 0 Å². The average molecular weight is 323 g/mol. The van der Waals surface area contributed by atoms with E-state index in [2.05, 4.69) is 78.0 Å². The van der Waals surface area contributed by atoms with Gasteiger partial charge >= 0.3 is 0 Å². The Kier molecular flexibility index (Phi) is 4.53. The first-order chi connectivity index (χ1) is 11.0. The van der Waals surface area contributed by atoms with E-state index in [1.807, 2.05) is 6.92 Å². The van der Waals surface area contributed by atoms with Gasteiger partial charge in [0.25, 0.3) is 0 Å². The fourth-order valence-corrected chi connectivity index (χ4v) is 3.75. The Hall–Kier alpha value is -2.07. The van der Waals surface area contributed by atoms with E-state index in [-0.39, 0.29) is 0 Å². The summed E-state index contributed by atoms with van der Waals surface area (Å²) in [4.78, 5) is 0. The number of aromatic nitrogens is 3. The van der Waals surface area contributed by atoms with Crippen LogP contribution < -0.4 is 0 Å². The number of hydrogen-bond acceptors (Lipinski definition) is 3. The smallest absolute Gasteiger partial charge is 0.196 e. The molecule has 2 aromatic carbocycles. The standard InChI is InChI=1S/C19H21N3S/c1-13-9-14(2)11-17(10-13)12-23-19-21-20-16(4)22(19)18-8-6-5-7-15(18)3/h5-11H,12H2,1-4H3. The van der Waals surface area contributed by atoms with Gasteiger partial charge in [-0.15, -0.1) is 10.2 Å². The third-order valence-corrected chi connectivity index (χ3v) is 4.80. The normalized spacial score (nSPS) is 11.0. The molecule has 0 saturated heterocycles. The van der Waals surface area contributed by atoms with Gasteiger partial charge in [0.05, 0.1) is 5.69 Å². The number of para-hydroxylation sites is 1. The molecule has 0 saturated carbocycles. The van der Waals surface area contributed by atoms with Gasteiger partial charge in [0, 0.05) is 5.75 Å². The molecule has 0 atom stereocenters. The molecule has 0 amide bonds. The number of rotatable bonds is 4. The van der Waals surface area contributed by atoms with Crippen molar-refractivity contribution in [1.82, 2.24) is 14.8 Å². The van der Waals surface area contributed by atoms with Crippen LogP contribution in [0.4, 0.5) is 0 Å². The van der Waals surface area contributed by atoms with Crippen LogP contribution in [-0.2, 0) is 5.75 Å². The molecule has 1 aromatic heterocycles. The molecule has 0 fully saturated rings. The predicted octanol–water partition coefficient (Wildman–Crippen LogP) is 4.79. The fourth-order valence-electron chi connectivity index (χ4n) is 2.83. The van der Waals surface area contributed by atoms with Gasteiger partial charge < -0.3 is 0 Å². The van der Waals surface area contributed by atoms with Gasteiger partial charge in [-0.1, -0.05) is 59.3 Å².